The highest BCUT2D eigenvalue weighted by molar-refractivity contribution is 5.91. The van der Waals surface area contributed by atoms with Crippen LogP contribution >= 0.6 is 0 Å². The van der Waals surface area contributed by atoms with Gasteiger partial charge in [-0.2, -0.15) is 0 Å². The first kappa shape index (κ1) is 16.2. The molecule has 0 aliphatic heterocycles. The molecule has 2 rings (SSSR count). The summed E-state index contributed by atoms with van der Waals surface area (Å²) in [7, 11) is 0. The molecule has 2 aromatic carbocycles. The van der Waals surface area contributed by atoms with E-state index in [-0.39, 0.29) is 5.91 Å². The predicted molar refractivity (Wildman–Crippen MR) is 92.2 cm³/mol. The third-order valence-corrected chi connectivity index (χ3v) is 3.47. The molecule has 2 aromatic rings. The van der Waals surface area contributed by atoms with E-state index in [0.29, 0.717) is 13.0 Å². The first-order chi connectivity index (χ1) is 10.6. The Morgan fingerprint density at radius 3 is 2.32 bits per heavy atom. The van der Waals surface area contributed by atoms with E-state index in [1.165, 1.54) is 5.56 Å². The molecule has 3 heteroatoms. The second-order valence-electron chi connectivity index (χ2n) is 5.66. The number of amides is 1. The topological polar surface area (TPSA) is 41.1 Å². The van der Waals surface area contributed by atoms with Gasteiger partial charge in [0.15, 0.2) is 0 Å². The predicted octanol–water partition coefficient (Wildman–Crippen LogP) is 3.46. The molecule has 0 aliphatic rings. The van der Waals surface area contributed by atoms with E-state index in [2.05, 4.69) is 28.8 Å². The lowest BCUT2D eigenvalue weighted by atomic mass is 10.1. The fourth-order valence-corrected chi connectivity index (χ4v) is 2.47. The van der Waals surface area contributed by atoms with Gasteiger partial charge in [0.25, 0.3) is 0 Å². The van der Waals surface area contributed by atoms with Crippen molar-refractivity contribution >= 4 is 11.6 Å². The summed E-state index contributed by atoms with van der Waals surface area (Å²) in [4.78, 5) is 11.9. The highest BCUT2D eigenvalue weighted by atomic mass is 16.1. The molecule has 0 spiro atoms. The van der Waals surface area contributed by atoms with E-state index in [1.807, 2.05) is 44.2 Å². The summed E-state index contributed by atoms with van der Waals surface area (Å²) in [5.74, 6) is 0.0530. The van der Waals surface area contributed by atoms with Crippen molar-refractivity contribution in [2.24, 2.45) is 0 Å². The molecular weight excluding hydrogens is 272 g/mol. The molecule has 0 aromatic heterocycles. The first-order valence-corrected chi connectivity index (χ1v) is 7.76. The molecule has 0 atom stereocenters. The molecule has 2 N–H and O–H groups in total. The first-order valence-electron chi connectivity index (χ1n) is 7.76. The fraction of sp³-hybridized carbons (Fsp3) is 0.316. The maximum absolute atomic E-state index is 11.9. The van der Waals surface area contributed by atoms with E-state index in [9.17, 15) is 4.79 Å². The summed E-state index contributed by atoms with van der Waals surface area (Å²) >= 11 is 0. The zero-order valence-corrected chi connectivity index (χ0v) is 13.4. The van der Waals surface area contributed by atoms with Crippen molar-refractivity contribution < 1.29 is 4.79 Å². The van der Waals surface area contributed by atoms with Gasteiger partial charge in [0.2, 0.25) is 5.91 Å². The number of nitrogens with one attached hydrogen (secondary N) is 2. The van der Waals surface area contributed by atoms with Crippen LogP contribution in [0.15, 0.2) is 48.5 Å². The van der Waals surface area contributed by atoms with Crippen LogP contribution in [0.1, 0.15) is 23.1 Å². The van der Waals surface area contributed by atoms with E-state index in [4.69, 9.17) is 0 Å². The fourth-order valence-electron chi connectivity index (χ4n) is 2.47. The molecule has 3 nitrogen and oxygen atoms in total. The Hall–Kier alpha value is -2.13. The lowest BCUT2D eigenvalue weighted by Crippen LogP contribution is -2.23. The van der Waals surface area contributed by atoms with Crippen LogP contribution in [0.4, 0.5) is 5.69 Å². The second kappa shape index (κ2) is 8.35. The number of carbonyl (C=O) groups excluding carboxylic acids is 1. The summed E-state index contributed by atoms with van der Waals surface area (Å²) in [6.45, 7) is 5.66. The van der Waals surface area contributed by atoms with Crippen molar-refractivity contribution in [1.82, 2.24) is 5.32 Å². The Balaban J connectivity index is 1.65. The van der Waals surface area contributed by atoms with Crippen molar-refractivity contribution in [3.05, 3.63) is 65.2 Å². The number of anilines is 1. The van der Waals surface area contributed by atoms with Crippen molar-refractivity contribution in [1.29, 1.82) is 0 Å². The minimum Gasteiger partial charge on any atom is -0.326 e. The van der Waals surface area contributed by atoms with Crippen LogP contribution in [0.5, 0.6) is 0 Å². The molecule has 0 bridgehead atoms. The molecule has 0 unspecified atom stereocenters. The Kier molecular flexibility index (Phi) is 6.16. The molecule has 1 amide bonds. The number of hydrogen-bond acceptors (Lipinski definition) is 2. The van der Waals surface area contributed by atoms with Gasteiger partial charge in [-0.15, -0.1) is 0 Å². The molecule has 0 saturated heterocycles. The average molecular weight is 296 g/mol. The standard InChI is InChI=1S/C19H24N2O/c1-15-12-16(2)14-18(13-15)21-19(22)9-11-20-10-8-17-6-4-3-5-7-17/h3-7,12-14,20H,8-11H2,1-2H3,(H,21,22). The van der Waals surface area contributed by atoms with Crippen molar-refractivity contribution in [2.75, 3.05) is 18.4 Å². The third kappa shape index (κ3) is 5.70. The quantitative estimate of drug-likeness (QED) is 0.768. The average Bonchev–Trinajstić information content (AvgIpc) is 2.47. The van der Waals surface area contributed by atoms with Gasteiger partial charge in [0, 0.05) is 18.7 Å². The van der Waals surface area contributed by atoms with Gasteiger partial charge in [-0.25, -0.2) is 0 Å². The Labute approximate surface area is 132 Å². The van der Waals surface area contributed by atoms with E-state index in [1.54, 1.807) is 0 Å². The number of hydrogen-bond donors (Lipinski definition) is 2. The zero-order chi connectivity index (χ0) is 15.8. The molecule has 22 heavy (non-hydrogen) atoms. The van der Waals surface area contributed by atoms with Crippen LogP contribution in [-0.2, 0) is 11.2 Å². The zero-order valence-electron chi connectivity index (χ0n) is 13.4. The van der Waals surface area contributed by atoms with Crippen LogP contribution in [-0.4, -0.2) is 19.0 Å². The molecule has 0 radical (unpaired) electrons. The Morgan fingerprint density at radius 1 is 0.955 bits per heavy atom. The lowest BCUT2D eigenvalue weighted by molar-refractivity contribution is -0.116. The minimum absolute atomic E-state index is 0.0530. The summed E-state index contributed by atoms with van der Waals surface area (Å²) in [6.07, 6.45) is 1.47. The van der Waals surface area contributed by atoms with Gasteiger partial charge in [-0.05, 0) is 55.6 Å². The van der Waals surface area contributed by atoms with Crippen molar-refractivity contribution in [3.8, 4) is 0 Å². The van der Waals surface area contributed by atoms with Crippen molar-refractivity contribution in [3.63, 3.8) is 0 Å². The molecule has 0 heterocycles. The normalized spacial score (nSPS) is 10.5. The van der Waals surface area contributed by atoms with Crippen LogP contribution in [0.3, 0.4) is 0 Å². The van der Waals surface area contributed by atoms with E-state index in [0.717, 1.165) is 29.8 Å². The number of carbonyl (C=O) groups is 1. The number of aryl methyl sites for hydroxylation is 2. The molecule has 116 valence electrons. The van der Waals surface area contributed by atoms with Crippen LogP contribution < -0.4 is 10.6 Å². The number of rotatable bonds is 7. The highest BCUT2D eigenvalue weighted by Crippen LogP contribution is 2.13. The van der Waals surface area contributed by atoms with E-state index >= 15 is 0 Å². The monoisotopic (exact) mass is 296 g/mol. The SMILES string of the molecule is Cc1cc(C)cc(NC(=O)CCNCCc2ccccc2)c1. The molecule has 0 saturated carbocycles. The maximum atomic E-state index is 11.9. The molecule has 0 aliphatic carbocycles. The van der Waals surface area contributed by atoms with Crippen LogP contribution in [0.2, 0.25) is 0 Å². The van der Waals surface area contributed by atoms with Gasteiger partial charge in [-0.3, -0.25) is 4.79 Å². The van der Waals surface area contributed by atoms with Gasteiger partial charge in [0.05, 0.1) is 0 Å². The van der Waals surface area contributed by atoms with Crippen LogP contribution in [0, 0.1) is 13.8 Å². The third-order valence-electron chi connectivity index (χ3n) is 3.47. The summed E-state index contributed by atoms with van der Waals surface area (Å²) in [5.41, 5.74) is 4.52. The van der Waals surface area contributed by atoms with Crippen LogP contribution in [0.25, 0.3) is 0 Å². The van der Waals surface area contributed by atoms with E-state index < -0.39 is 0 Å². The van der Waals surface area contributed by atoms with Gasteiger partial charge in [-0.1, -0.05) is 36.4 Å². The molecule has 0 fully saturated rings. The number of benzene rings is 2. The Morgan fingerprint density at radius 2 is 1.64 bits per heavy atom. The largest absolute Gasteiger partial charge is 0.326 e. The summed E-state index contributed by atoms with van der Waals surface area (Å²) in [5, 5.41) is 6.27. The minimum atomic E-state index is 0.0530. The summed E-state index contributed by atoms with van der Waals surface area (Å²) in [6, 6.07) is 16.4. The smallest absolute Gasteiger partial charge is 0.225 e. The van der Waals surface area contributed by atoms with Gasteiger partial charge < -0.3 is 10.6 Å². The van der Waals surface area contributed by atoms with Gasteiger partial charge >= 0.3 is 0 Å². The van der Waals surface area contributed by atoms with Crippen molar-refractivity contribution in [2.45, 2.75) is 26.7 Å². The highest BCUT2D eigenvalue weighted by Gasteiger charge is 2.03. The molecular formula is C19H24N2O. The summed E-state index contributed by atoms with van der Waals surface area (Å²) < 4.78 is 0. The Bertz CT molecular complexity index is 588. The lowest BCUT2D eigenvalue weighted by Gasteiger charge is -2.08. The second-order valence-corrected chi connectivity index (χ2v) is 5.66. The van der Waals surface area contributed by atoms with Gasteiger partial charge in [0.1, 0.15) is 0 Å². The maximum Gasteiger partial charge on any atom is 0.225 e.